The van der Waals surface area contributed by atoms with E-state index in [1.807, 2.05) is 37.3 Å². The highest BCUT2D eigenvalue weighted by Crippen LogP contribution is 2.23. The Morgan fingerprint density at radius 3 is 2.58 bits per heavy atom. The van der Waals surface area contributed by atoms with Gasteiger partial charge >= 0.3 is 0 Å². The summed E-state index contributed by atoms with van der Waals surface area (Å²) in [6.45, 7) is 2.03. The summed E-state index contributed by atoms with van der Waals surface area (Å²) in [6, 6.07) is 12.3. The van der Waals surface area contributed by atoms with Crippen LogP contribution in [0.1, 0.15) is 13.3 Å². The fourth-order valence-electron chi connectivity index (χ4n) is 0.864. The van der Waals surface area contributed by atoms with Gasteiger partial charge in [-0.2, -0.15) is 5.26 Å². The van der Waals surface area contributed by atoms with E-state index >= 15 is 0 Å². The van der Waals surface area contributed by atoms with Crippen LogP contribution in [-0.2, 0) is 0 Å². The highest BCUT2D eigenvalue weighted by Gasteiger charge is 2.04. The number of benzene rings is 1. The van der Waals surface area contributed by atoms with Crippen LogP contribution in [-0.4, -0.2) is 5.25 Å². The zero-order valence-electron chi connectivity index (χ0n) is 7.03. The smallest absolute Gasteiger partial charge is 0.0961 e. The molecular formula is C10H11NS. The molecule has 0 amide bonds. The maximum atomic E-state index is 8.72. The van der Waals surface area contributed by atoms with Crippen molar-refractivity contribution >= 4 is 11.8 Å². The minimum atomic E-state index is 0.0902. The van der Waals surface area contributed by atoms with E-state index in [2.05, 4.69) is 6.07 Å². The van der Waals surface area contributed by atoms with E-state index < -0.39 is 0 Å². The summed E-state index contributed by atoms with van der Waals surface area (Å²) < 4.78 is 0. The van der Waals surface area contributed by atoms with Crippen LogP contribution in [0.15, 0.2) is 35.2 Å². The van der Waals surface area contributed by atoms with Crippen molar-refractivity contribution in [2.45, 2.75) is 23.5 Å². The van der Waals surface area contributed by atoms with Gasteiger partial charge in [0.25, 0.3) is 0 Å². The second-order valence-electron chi connectivity index (χ2n) is 2.46. The van der Waals surface area contributed by atoms with Gasteiger partial charge in [0.15, 0.2) is 0 Å². The highest BCUT2D eigenvalue weighted by molar-refractivity contribution is 8.00. The maximum Gasteiger partial charge on any atom is 0.0961 e. The van der Waals surface area contributed by atoms with Crippen molar-refractivity contribution in [1.29, 1.82) is 5.26 Å². The summed E-state index contributed by atoms with van der Waals surface area (Å²) in [5.74, 6) is 0. The summed E-state index contributed by atoms with van der Waals surface area (Å²) in [5, 5.41) is 8.81. The van der Waals surface area contributed by atoms with Crippen molar-refractivity contribution in [3.05, 3.63) is 30.3 Å². The molecule has 62 valence electrons. The molecule has 1 rings (SSSR count). The lowest BCUT2D eigenvalue weighted by Crippen LogP contribution is -1.94. The molecule has 0 aliphatic heterocycles. The normalized spacial score (nSPS) is 12.0. The SMILES string of the molecule is CCC(C#N)Sc1ccccc1. The molecule has 0 bridgehead atoms. The summed E-state index contributed by atoms with van der Waals surface area (Å²) in [4.78, 5) is 1.17. The van der Waals surface area contributed by atoms with Crippen molar-refractivity contribution in [2.75, 3.05) is 0 Å². The van der Waals surface area contributed by atoms with Gasteiger partial charge in [0, 0.05) is 4.90 Å². The fourth-order valence-corrected chi connectivity index (χ4v) is 1.73. The molecule has 0 spiro atoms. The first-order valence-electron chi connectivity index (χ1n) is 3.98. The van der Waals surface area contributed by atoms with E-state index in [9.17, 15) is 0 Å². The predicted molar refractivity (Wildman–Crippen MR) is 52.0 cm³/mol. The van der Waals surface area contributed by atoms with Gasteiger partial charge in [-0.1, -0.05) is 25.1 Å². The molecule has 1 atom stereocenters. The lowest BCUT2D eigenvalue weighted by Gasteiger charge is -2.04. The van der Waals surface area contributed by atoms with Crippen LogP contribution in [0.25, 0.3) is 0 Å². The Bertz CT molecular complexity index is 263. The second kappa shape index (κ2) is 4.84. The van der Waals surface area contributed by atoms with Gasteiger partial charge in [-0.15, -0.1) is 11.8 Å². The van der Waals surface area contributed by atoms with Crippen molar-refractivity contribution in [3.8, 4) is 6.07 Å². The molecule has 0 radical (unpaired) electrons. The quantitative estimate of drug-likeness (QED) is 0.662. The van der Waals surface area contributed by atoms with E-state index in [-0.39, 0.29) is 5.25 Å². The van der Waals surface area contributed by atoms with Crippen molar-refractivity contribution in [3.63, 3.8) is 0 Å². The summed E-state index contributed by atoms with van der Waals surface area (Å²) in [5.41, 5.74) is 0. The summed E-state index contributed by atoms with van der Waals surface area (Å²) >= 11 is 1.63. The maximum absolute atomic E-state index is 8.72. The minimum Gasteiger partial charge on any atom is -0.197 e. The third-order valence-electron chi connectivity index (χ3n) is 1.54. The molecule has 1 unspecified atom stereocenters. The average Bonchev–Trinajstić information content (AvgIpc) is 2.16. The van der Waals surface area contributed by atoms with Gasteiger partial charge in [0.05, 0.1) is 11.3 Å². The van der Waals surface area contributed by atoms with E-state index in [1.165, 1.54) is 4.90 Å². The van der Waals surface area contributed by atoms with Gasteiger partial charge < -0.3 is 0 Å². The topological polar surface area (TPSA) is 23.8 Å². The molecule has 0 saturated carbocycles. The Morgan fingerprint density at radius 2 is 2.08 bits per heavy atom. The van der Waals surface area contributed by atoms with Crippen LogP contribution >= 0.6 is 11.8 Å². The summed E-state index contributed by atoms with van der Waals surface area (Å²) in [7, 11) is 0. The lowest BCUT2D eigenvalue weighted by atomic mass is 10.4. The zero-order chi connectivity index (χ0) is 8.81. The third kappa shape index (κ3) is 2.60. The number of rotatable bonds is 3. The zero-order valence-corrected chi connectivity index (χ0v) is 7.84. The van der Waals surface area contributed by atoms with Crippen molar-refractivity contribution in [1.82, 2.24) is 0 Å². The van der Waals surface area contributed by atoms with Gasteiger partial charge in [-0.05, 0) is 18.6 Å². The molecule has 1 aromatic rings. The summed E-state index contributed by atoms with van der Waals surface area (Å²) in [6.07, 6.45) is 0.899. The molecule has 0 aromatic heterocycles. The van der Waals surface area contributed by atoms with Crippen LogP contribution in [0.2, 0.25) is 0 Å². The Labute approximate surface area is 77.4 Å². The van der Waals surface area contributed by atoms with E-state index in [1.54, 1.807) is 11.8 Å². The molecule has 2 heteroatoms. The van der Waals surface area contributed by atoms with E-state index in [0.29, 0.717) is 0 Å². The first kappa shape index (κ1) is 9.15. The first-order chi connectivity index (χ1) is 5.86. The van der Waals surface area contributed by atoms with Crippen LogP contribution in [0.4, 0.5) is 0 Å². The van der Waals surface area contributed by atoms with Crippen LogP contribution in [0.5, 0.6) is 0 Å². The van der Waals surface area contributed by atoms with Gasteiger partial charge in [0.1, 0.15) is 0 Å². The molecule has 0 fully saturated rings. The Hall–Kier alpha value is -0.940. The van der Waals surface area contributed by atoms with Crippen molar-refractivity contribution < 1.29 is 0 Å². The highest BCUT2D eigenvalue weighted by atomic mass is 32.2. The number of thioether (sulfide) groups is 1. The lowest BCUT2D eigenvalue weighted by molar-refractivity contribution is 0.985. The molecular weight excluding hydrogens is 166 g/mol. The predicted octanol–water partition coefficient (Wildman–Crippen LogP) is 3.08. The van der Waals surface area contributed by atoms with Gasteiger partial charge in [0.2, 0.25) is 0 Å². The average molecular weight is 177 g/mol. The second-order valence-corrected chi connectivity index (χ2v) is 3.73. The third-order valence-corrected chi connectivity index (χ3v) is 2.80. The van der Waals surface area contributed by atoms with Gasteiger partial charge in [-0.25, -0.2) is 0 Å². The van der Waals surface area contributed by atoms with E-state index in [4.69, 9.17) is 5.26 Å². The first-order valence-corrected chi connectivity index (χ1v) is 4.86. The Kier molecular flexibility index (Phi) is 3.69. The molecule has 1 aromatic carbocycles. The molecule has 0 heterocycles. The van der Waals surface area contributed by atoms with Crippen LogP contribution in [0.3, 0.4) is 0 Å². The Balaban J connectivity index is 2.58. The molecule has 1 nitrogen and oxygen atoms in total. The number of nitrogens with zero attached hydrogens (tertiary/aromatic N) is 1. The molecule has 12 heavy (non-hydrogen) atoms. The fraction of sp³-hybridized carbons (Fsp3) is 0.300. The minimum absolute atomic E-state index is 0.0902. The molecule has 0 N–H and O–H groups in total. The molecule has 0 saturated heterocycles. The Morgan fingerprint density at radius 1 is 1.42 bits per heavy atom. The number of nitriles is 1. The molecule has 0 aliphatic rings. The van der Waals surface area contributed by atoms with Crippen LogP contribution in [0, 0.1) is 11.3 Å². The van der Waals surface area contributed by atoms with Crippen LogP contribution < -0.4 is 0 Å². The monoisotopic (exact) mass is 177 g/mol. The number of hydrogen-bond acceptors (Lipinski definition) is 2. The largest absolute Gasteiger partial charge is 0.197 e. The number of hydrogen-bond donors (Lipinski definition) is 0. The van der Waals surface area contributed by atoms with E-state index in [0.717, 1.165) is 6.42 Å². The molecule has 0 aliphatic carbocycles. The van der Waals surface area contributed by atoms with Crippen molar-refractivity contribution in [2.24, 2.45) is 0 Å². The standard InChI is InChI=1S/C10H11NS/c1-2-9(8-11)12-10-6-4-3-5-7-10/h3-7,9H,2H2,1H3. The van der Waals surface area contributed by atoms with Gasteiger partial charge in [-0.3, -0.25) is 0 Å².